The van der Waals surface area contributed by atoms with Gasteiger partial charge in [0, 0.05) is 26.2 Å². The lowest BCUT2D eigenvalue weighted by atomic mass is 10.1. The summed E-state index contributed by atoms with van der Waals surface area (Å²) >= 11 is 0. The van der Waals surface area contributed by atoms with E-state index in [0.29, 0.717) is 32.7 Å². The van der Waals surface area contributed by atoms with E-state index in [1.54, 1.807) is 4.90 Å². The minimum Gasteiger partial charge on any atom is -0.338 e. The molecule has 2 N–H and O–H groups in total. The van der Waals surface area contributed by atoms with Gasteiger partial charge in [-0.3, -0.25) is 9.59 Å². The Kier molecular flexibility index (Phi) is 6.24. The third-order valence-corrected chi connectivity index (χ3v) is 3.31. The van der Waals surface area contributed by atoms with Gasteiger partial charge in [-0.25, -0.2) is 0 Å². The average molecular weight is 270 g/mol. The van der Waals surface area contributed by atoms with E-state index in [1.165, 1.54) is 0 Å². The number of carbonyl (C=O) groups is 2. The van der Waals surface area contributed by atoms with Crippen LogP contribution in [0.1, 0.15) is 19.8 Å². The number of likely N-dealkylation sites (N-methyl/N-ethyl adjacent to an activating group) is 1. The predicted octanol–water partition coefficient (Wildman–Crippen LogP) is -0.654. The van der Waals surface area contributed by atoms with Crippen molar-refractivity contribution in [3.05, 3.63) is 0 Å². The van der Waals surface area contributed by atoms with Gasteiger partial charge < -0.3 is 20.4 Å². The van der Waals surface area contributed by atoms with E-state index >= 15 is 0 Å². The van der Waals surface area contributed by atoms with E-state index in [1.807, 2.05) is 30.8 Å². The Bertz CT molecular complexity index is 312. The molecule has 6 nitrogen and oxygen atoms in total. The fourth-order valence-corrected chi connectivity index (χ4v) is 2.22. The van der Waals surface area contributed by atoms with Gasteiger partial charge in [0.15, 0.2) is 0 Å². The molecule has 19 heavy (non-hydrogen) atoms. The van der Waals surface area contributed by atoms with E-state index in [4.69, 9.17) is 5.73 Å². The summed E-state index contributed by atoms with van der Waals surface area (Å²) in [5.74, 6) is 0.136. The first kappa shape index (κ1) is 15.9. The van der Waals surface area contributed by atoms with Crippen LogP contribution in [0.25, 0.3) is 0 Å². The van der Waals surface area contributed by atoms with E-state index in [-0.39, 0.29) is 11.8 Å². The highest BCUT2D eigenvalue weighted by Crippen LogP contribution is 2.06. The number of amides is 2. The van der Waals surface area contributed by atoms with Gasteiger partial charge in [0.1, 0.15) is 0 Å². The van der Waals surface area contributed by atoms with Gasteiger partial charge in [-0.15, -0.1) is 0 Å². The summed E-state index contributed by atoms with van der Waals surface area (Å²) in [6.07, 6.45) is 1.63. The highest BCUT2D eigenvalue weighted by molar-refractivity contribution is 5.82. The Balaban J connectivity index is 2.40. The monoisotopic (exact) mass is 270 g/mol. The summed E-state index contributed by atoms with van der Waals surface area (Å²) in [5.41, 5.74) is 5.84. The second-order valence-electron chi connectivity index (χ2n) is 5.34. The SMILES string of the molecule is CCC[C@@H](N)C(=O)N1CCN(C(=O)CN(C)C)CC1. The van der Waals surface area contributed by atoms with Gasteiger partial charge in [-0.05, 0) is 20.5 Å². The first-order valence-electron chi connectivity index (χ1n) is 6.92. The van der Waals surface area contributed by atoms with Gasteiger partial charge >= 0.3 is 0 Å². The Morgan fingerprint density at radius 3 is 2.16 bits per heavy atom. The quantitative estimate of drug-likeness (QED) is 0.720. The number of hydrogen-bond acceptors (Lipinski definition) is 4. The molecule has 0 aliphatic carbocycles. The molecule has 0 bridgehead atoms. The zero-order valence-electron chi connectivity index (χ0n) is 12.3. The molecule has 0 unspecified atom stereocenters. The van der Waals surface area contributed by atoms with E-state index < -0.39 is 6.04 Å². The molecule has 1 heterocycles. The van der Waals surface area contributed by atoms with Crippen molar-refractivity contribution in [1.82, 2.24) is 14.7 Å². The van der Waals surface area contributed by atoms with Crippen LogP contribution in [0.2, 0.25) is 0 Å². The van der Waals surface area contributed by atoms with Crippen molar-refractivity contribution in [2.75, 3.05) is 46.8 Å². The molecule has 110 valence electrons. The van der Waals surface area contributed by atoms with Crippen LogP contribution in [-0.2, 0) is 9.59 Å². The molecule has 1 aliphatic heterocycles. The normalized spacial score (nSPS) is 17.7. The van der Waals surface area contributed by atoms with E-state index in [0.717, 1.165) is 12.8 Å². The summed E-state index contributed by atoms with van der Waals surface area (Å²) in [7, 11) is 3.75. The maximum Gasteiger partial charge on any atom is 0.239 e. The third-order valence-electron chi connectivity index (χ3n) is 3.31. The number of carbonyl (C=O) groups excluding carboxylic acids is 2. The minimum absolute atomic E-state index is 0.0153. The first-order chi connectivity index (χ1) is 8.95. The molecule has 1 fully saturated rings. The number of piperazine rings is 1. The smallest absolute Gasteiger partial charge is 0.239 e. The van der Waals surface area contributed by atoms with E-state index in [2.05, 4.69) is 0 Å². The summed E-state index contributed by atoms with van der Waals surface area (Å²) in [5, 5.41) is 0. The van der Waals surface area contributed by atoms with Crippen molar-refractivity contribution in [3.8, 4) is 0 Å². The molecular formula is C13H26N4O2. The van der Waals surface area contributed by atoms with Crippen LogP contribution in [-0.4, -0.2) is 79.4 Å². The molecule has 0 aromatic carbocycles. The zero-order valence-corrected chi connectivity index (χ0v) is 12.3. The minimum atomic E-state index is -0.394. The number of nitrogens with two attached hydrogens (primary N) is 1. The Morgan fingerprint density at radius 1 is 1.16 bits per heavy atom. The number of hydrogen-bond donors (Lipinski definition) is 1. The summed E-state index contributed by atoms with van der Waals surface area (Å²) < 4.78 is 0. The van der Waals surface area contributed by atoms with Crippen LogP contribution in [0.3, 0.4) is 0 Å². The first-order valence-corrected chi connectivity index (χ1v) is 6.92. The van der Waals surface area contributed by atoms with Gasteiger partial charge in [0.25, 0.3) is 0 Å². The zero-order chi connectivity index (χ0) is 14.4. The molecule has 0 radical (unpaired) electrons. The van der Waals surface area contributed by atoms with Crippen molar-refractivity contribution >= 4 is 11.8 Å². The van der Waals surface area contributed by atoms with Crippen LogP contribution >= 0.6 is 0 Å². The molecule has 1 atom stereocenters. The van der Waals surface area contributed by atoms with Gasteiger partial charge in [0.2, 0.25) is 11.8 Å². The lowest BCUT2D eigenvalue weighted by molar-refractivity contribution is -0.140. The molecule has 0 saturated carbocycles. The molecule has 0 spiro atoms. The Hall–Kier alpha value is -1.14. The number of nitrogens with zero attached hydrogens (tertiary/aromatic N) is 3. The topological polar surface area (TPSA) is 69.9 Å². The second-order valence-corrected chi connectivity index (χ2v) is 5.34. The second kappa shape index (κ2) is 7.45. The molecular weight excluding hydrogens is 244 g/mol. The van der Waals surface area contributed by atoms with Crippen molar-refractivity contribution in [2.45, 2.75) is 25.8 Å². The lowest BCUT2D eigenvalue weighted by Gasteiger charge is -2.36. The van der Waals surface area contributed by atoms with Crippen LogP contribution < -0.4 is 5.73 Å². The fraction of sp³-hybridized carbons (Fsp3) is 0.846. The van der Waals surface area contributed by atoms with Crippen molar-refractivity contribution in [2.24, 2.45) is 5.73 Å². The lowest BCUT2D eigenvalue weighted by Crippen LogP contribution is -2.55. The van der Waals surface area contributed by atoms with Crippen molar-refractivity contribution in [3.63, 3.8) is 0 Å². The molecule has 0 aromatic rings. The molecule has 1 aliphatic rings. The molecule has 0 aromatic heterocycles. The summed E-state index contributed by atoms with van der Waals surface area (Å²) in [4.78, 5) is 29.4. The molecule has 2 amide bonds. The van der Waals surface area contributed by atoms with Crippen molar-refractivity contribution in [1.29, 1.82) is 0 Å². The molecule has 6 heteroatoms. The van der Waals surface area contributed by atoms with Crippen LogP contribution in [0.4, 0.5) is 0 Å². The van der Waals surface area contributed by atoms with Gasteiger partial charge in [-0.1, -0.05) is 13.3 Å². The summed E-state index contributed by atoms with van der Waals surface area (Å²) in [6.45, 7) is 4.84. The maximum absolute atomic E-state index is 12.0. The van der Waals surface area contributed by atoms with Crippen molar-refractivity contribution < 1.29 is 9.59 Å². The van der Waals surface area contributed by atoms with Gasteiger partial charge in [-0.2, -0.15) is 0 Å². The average Bonchev–Trinajstić information content (AvgIpc) is 2.37. The van der Waals surface area contributed by atoms with Crippen LogP contribution in [0.5, 0.6) is 0 Å². The number of rotatable bonds is 5. The highest BCUT2D eigenvalue weighted by Gasteiger charge is 2.26. The standard InChI is InChI=1S/C13H26N4O2/c1-4-5-11(14)13(19)17-8-6-16(7-9-17)12(18)10-15(2)3/h11H,4-10,14H2,1-3H3/t11-/m1/s1. The highest BCUT2D eigenvalue weighted by atomic mass is 16.2. The van der Waals surface area contributed by atoms with Crippen LogP contribution in [0.15, 0.2) is 0 Å². The maximum atomic E-state index is 12.0. The molecule has 1 saturated heterocycles. The predicted molar refractivity (Wildman–Crippen MR) is 74.6 cm³/mol. The van der Waals surface area contributed by atoms with Crippen LogP contribution in [0, 0.1) is 0 Å². The van der Waals surface area contributed by atoms with E-state index in [9.17, 15) is 9.59 Å². The Morgan fingerprint density at radius 2 is 1.68 bits per heavy atom. The third kappa shape index (κ3) is 4.80. The van der Waals surface area contributed by atoms with Gasteiger partial charge in [0.05, 0.1) is 12.6 Å². The fourth-order valence-electron chi connectivity index (χ4n) is 2.22. The largest absolute Gasteiger partial charge is 0.338 e. The summed E-state index contributed by atoms with van der Waals surface area (Å²) in [6, 6.07) is -0.394. The molecule has 1 rings (SSSR count). The Labute approximate surface area is 115 Å².